The molecule has 0 unspecified atom stereocenters. The molecule has 0 saturated carbocycles. The van der Waals surface area contributed by atoms with E-state index in [2.05, 4.69) is 5.32 Å². The molecule has 1 N–H and O–H groups in total. The van der Waals surface area contributed by atoms with Gasteiger partial charge in [-0.25, -0.2) is 4.79 Å². The number of methoxy groups -OCH3 is 2. The zero-order chi connectivity index (χ0) is 20.1. The highest BCUT2D eigenvalue weighted by molar-refractivity contribution is 5.74. The van der Waals surface area contributed by atoms with E-state index in [9.17, 15) is 4.79 Å². The monoisotopic (exact) mass is 384 g/mol. The Balaban J connectivity index is 1.62. The van der Waals surface area contributed by atoms with Gasteiger partial charge >= 0.3 is 6.03 Å². The van der Waals surface area contributed by atoms with Gasteiger partial charge in [-0.3, -0.25) is 0 Å². The summed E-state index contributed by atoms with van der Waals surface area (Å²) >= 11 is 0. The highest BCUT2D eigenvalue weighted by Crippen LogP contribution is 2.33. The smallest absolute Gasteiger partial charge is 0.317 e. The predicted molar refractivity (Wildman–Crippen MR) is 108 cm³/mol. The van der Waals surface area contributed by atoms with E-state index < -0.39 is 0 Å². The molecule has 0 radical (unpaired) electrons. The molecule has 6 heteroatoms. The van der Waals surface area contributed by atoms with Crippen molar-refractivity contribution in [3.63, 3.8) is 0 Å². The van der Waals surface area contributed by atoms with Crippen molar-refractivity contribution in [3.8, 4) is 17.2 Å². The van der Waals surface area contributed by atoms with Gasteiger partial charge in [-0.15, -0.1) is 0 Å². The summed E-state index contributed by atoms with van der Waals surface area (Å²) in [4.78, 5) is 14.5. The van der Waals surface area contributed by atoms with E-state index in [0.717, 1.165) is 29.0 Å². The zero-order valence-corrected chi connectivity index (χ0v) is 17.0. The number of ether oxygens (including phenoxy) is 3. The Bertz CT molecular complexity index is 835. The number of hydrogen-bond donors (Lipinski definition) is 1. The summed E-state index contributed by atoms with van der Waals surface area (Å²) in [6.45, 7) is 5.67. The van der Waals surface area contributed by atoms with Gasteiger partial charge in [-0.2, -0.15) is 0 Å². The van der Waals surface area contributed by atoms with Crippen LogP contribution >= 0.6 is 0 Å². The molecule has 1 aliphatic rings. The lowest BCUT2D eigenvalue weighted by molar-refractivity contribution is 0.191. The largest absolute Gasteiger partial charge is 0.493 e. The van der Waals surface area contributed by atoms with Gasteiger partial charge in [0.1, 0.15) is 5.75 Å². The van der Waals surface area contributed by atoms with E-state index in [1.165, 1.54) is 5.56 Å². The minimum Gasteiger partial charge on any atom is -0.493 e. The fourth-order valence-electron chi connectivity index (χ4n) is 3.35. The topological polar surface area (TPSA) is 60.0 Å². The van der Waals surface area contributed by atoms with E-state index in [4.69, 9.17) is 14.2 Å². The number of rotatable bonds is 6. The molecule has 2 amide bonds. The molecular weight excluding hydrogens is 356 g/mol. The maximum absolute atomic E-state index is 12.6. The van der Waals surface area contributed by atoms with Crippen molar-refractivity contribution in [1.29, 1.82) is 0 Å². The highest BCUT2D eigenvalue weighted by atomic mass is 16.5. The van der Waals surface area contributed by atoms with Gasteiger partial charge in [0.2, 0.25) is 0 Å². The highest BCUT2D eigenvalue weighted by Gasteiger charge is 2.22. The van der Waals surface area contributed by atoms with Crippen LogP contribution in [0.4, 0.5) is 4.79 Å². The first-order chi connectivity index (χ1) is 13.5. The number of fused-ring (bicyclic) bond motifs is 1. The van der Waals surface area contributed by atoms with Crippen LogP contribution in [0, 0.1) is 0 Å². The lowest BCUT2D eigenvalue weighted by Crippen LogP contribution is -2.42. The molecule has 1 aliphatic heterocycles. The second-order valence-corrected chi connectivity index (χ2v) is 7.12. The molecule has 0 atom stereocenters. The number of benzene rings is 2. The third-order valence-electron chi connectivity index (χ3n) is 4.72. The molecule has 0 fully saturated rings. The Morgan fingerprint density at radius 1 is 1.11 bits per heavy atom. The molecule has 0 bridgehead atoms. The van der Waals surface area contributed by atoms with Crippen molar-refractivity contribution in [2.45, 2.75) is 39.5 Å². The van der Waals surface area contributed by atoms with E-state index >= 15 is 0 Å². The van der Waals surface area contributed by atoms with Crippen LogP contribution in [0.5, 0.6) is 17.2 Å². The minimum absolute atomic E-state index is 0.0735. The summed E-state index contributed by atoms with van der Waals surface area (Å²) in [5.41, 5.74) is 3.29. The van der Waals surface area contributed by atoms with Crippen LogP contribution in [0.3, 0.4) is 0 Å². The summed E-state index contributed by atoms with van der Waals surface area (Å²) in [6.07, 6.45) is 0.912. The molecule has 0 spiro atoms. The van der Waals surface area contributed by atoms with Gasteiger partial charge in [0.15, 0.2) is 11.5 Å². The van der Waals surface area contributed by atoms with Crippen LogP contribution in [0.1, 0.15) is 30.5 Å². The maximum Gasteiger partial charge on any atom is 0.317 e. The summed E-state index contributed by atoms with van der Waals surface area (Å²) in [5.74, 6) is 2.22. The fourth-order valence-corrected chi connectivity index (χ4v) is 3.35. The van der Waals surface area contributed by atoms with Crippen molar-refractivity contribution in [2.24, 2.45) is 0 Å². The first kappa shape index (κ1) is 19.9. The third kappa shape index (κ3) is 4.68. The molecule has 2 aromatic carbocycles. The molecule has 28 heavy (non-hydrogen) atoms. The molecule has 150 valence electrons. The van der Waals surface area contributed by atoms with Gasteiger partial charge < -0.3 is 24.4 Å². The molecular formula is C22H28N2O4. The van der Waals surface area contributed by atoms with Gasteiger partial charge in [-0.05, 0) is 61.2 Å². The number of nitrogens with zero attached hydrogens (tertiary/aromatic N) is 1. The SMILES string of the molecule is COc1cc2c(cc1OC)CN(C(=O)NCc1cccc(OC(C)C)c1)CC2. The number of amides is 2. The number of hydrogen-bond acceptors (Lipinski definition) is 4. The van der Waals surface area contributed by atoms with Gasteiger partial charge in [0.05, 0.1) is 20.3 Å². The Hall–Kier alpha value is -2.89. The average molecular weight is 384 g/mol. The van der Waals surface area contributed by atoms with Crippen molar-refractivity contribution in [3.05, 3.63) is 53.1 Å². The van der Waals surface area contributed by atoms with Gasteiger partial charge in [0, 0.05) is 19.6 Å². The standard InChI is InChI=1S/C22H28N2O4/c1-15(2)28-19-7-5-6-16(10-19)13-23-22(25)24-9-8-17-11-20(26-3)21(27-4)12-18(17)14-24/h5-7,10-12,15H,8-9,13-14H2,1-4H3,(H,23,25). The van der Waals surface area contributed by atoms with Crippen LogP contribution in [0.25, 0.3) is 0 Å². The number of carbonyl (C=O) groups excluding carboxylic acids is 1. The molecule has 0 aromatic heterocycles. The zero-order valence-electron chi connectivity index (χ0n) is 17.0. The lowest BCUT2D eigenvalue weighted by atomic mass is 9.99. The molecule has 1 heterocycles. The number of carbonyl (C=O) groups is 1. The second kappa shape index (κ2) is 8.87. The lowest BCUT2D eigenvalue weighted by Gasteiger charge is -2.29. The molecule has 0 aliphatic carbocycles. The van der Waals surface area contributed by atoms with E-state index in [1.807, 2.05) is 55.1 Å². The van der Waals surface area contributed by atoms with Crippen molar-refractivity contribution in [1.82, 2.24) is 10.2 Å². The van der Waals surface area contributed by atoms with Crippen molar-refractivity contribution >= 4 is 6.03 Å². The van der Waals surface area contributed by atoms with Crippen molar-refractivity contribution < 1.29 is 19.0 Å². The summed E-state index contributed by atoms with van der Waals surface area (Å²) in [5, 5.41) is 3.01. The molecule has 6 nitrogen and oxygen atoms in total. The summed E-state index contributed by atoms with van der Waals surface area (Å²) < 4.78 is 16.5. The summed E-state index contributed by atoms with van der Waals surface area (Å²) in [7, 11) is 3.25. The molecule has 0 saturated heterocycles. The molecule has 2 aromatic rings. The van der Waals surface area contributed by atoms with Gasteiger partial charge in [0.25, 0.3) is 0 Å². The van der Waals surface area contributed by atoms with Crippen molar-refractivity contribution in [2.75, 3.05) is 20.8 Å². The normalized spacial score (nSPS) is 13.1. The Morgan fingerprint density at radius 2 is 1.82 bits per heavy atom. The Kier molecular flexibility index (Phi) is 6.29. The summed E-state index contributed by atoms with van der Waals surface area (Å²) in [6, 6.07) is 11.7. The van der Waals surface area contributed by atoms with E-state index in [-0.39, 0.29) is 12.1 Å². The Morgan fingerprint density at radius 3 is 2.50 bits per heavy atom. The first-order valence-electron chi connectivity index (χ1n) is 9.52. The first-order valence-corrected chi connectivity index (χ1v) is 9.52. The van der Waals surface area contributed by atoms with Gasteiger partial charge in [-0.1, -0.05) is 12.1 Å². The third-order valence-corrected chi connectivity index (χ3v) is 4.72. The number of nitrogens with one attached hydrogen (secondary N) is 1. The average Bonchev–Trinajstić information content (AvgIpc) is 2.70. The Labute approximate surface area is 166 Å². The van der Waals surface area contributed by atoms with E-state index in [0.29, 0.717) is 25.4 Å². The fraction of sp³-hybridized carbons (Fsp3) is 0.409. The number of urea groups is 1. The molecule has 3 rings (SSSR count). The quantitative estimate of drug-likeness (QED) is 0.824. The maximum atomic E-state index is 12.6. The van der Waals surface area contributed by atoms with Crippen LogP contribution in [0.2, 0.25) is 0 Å². The van der Waals surface area contributed by atoms with Crippen LogP contribution in [-0.4, -0.2) is 37.8 Å². The predicted octanol–water partition coefficient (Wildman–Crippen LogP) is 3.76. The van der Waals surface area contributed by atoms with Crippen LogP contribution < -0.4 is 19.5 Å². The minimum atomic E-state index is -0.0735. The van der Waals surface area contributed by atoms with E-state index in [1.54, 1.807) is 14.2 Å². The van der Waals surface area contributed by atoms with Crippen LogP contribution in [0.15, 0.2) is 36.4 Å². The second-order valence-electron chi connectivity index (χ2n) is 7.12. The van der Waals surface area contributed by atoms with Crippen LogP contribution in [-0.2, 0) is 19.5 Å².